The first-order valence-corrected chi connectivity index (χ1v) is 6.65. The van der Waals surface area contributed by atoms with Crippen LogP contribution in [0.3, 0.4) is 0 Å². The number of hydrogen-bond acceptors (Lipinski definition) is 5. The molecule has 0 aliphatic rings. The molecule has 0 rings (SSSR count). The summed E-state index contributed by atoms with van der Waals surface area (Å²) in [5.41, 5.74) is 0. The van der Waals surface area contributed by atoms with E-state index < -0.39 is 0 Å². The zero-order valence-electron chi connectivity index (χ0n) is 8.50. The Morgan fingerprint density at radius 2 is 2.00 bits per heavy atom. The molecule has 7 nitrogen and oxygen atoms in total. The molecule has 88 valence electrons. The summed E-state index contributed by atoms with van der Waals surface area (Å²) in [5.74, 6) is 0. The third-order valence-electron chi connectivity index (χ3n) is 1.57. The number of nitrogens with one attached hydrogen (secondary N) is 3. The molecule has 0 saturated heterocycles. The van der Waals surface area contributed by atoms with Crippen molar-refractivity contribution in [2.24, 2.45) is 0 Å². The summed E-state index contributed by atoms with van der Waals surface area (Å²) >= 11 is -0.248. The third kappa shape index (κ3) is 6.03. The normalized spacial score (nSPS) is 18.1. The van der Waals surface area contributed by atoms with Crippen LogP contribution in [0.2, 0.25) is 0 Å². The number of alkyl halides is 1. The number of quaternary nitrogens is 2. The molecule has 14 heavy (non-hydrogen) atoms. The molecule has 0 radical (unpaired) electrons. The number of hydroxylamine groups is 4. The fraction of sp³-hybridized carbons (Fsp3) is 1.00. The average molecular weight is 322 g/mol. The van der Waals surface area contributed by atoms with Gasteiger partial charge in [0.25, 0.3) is 0 Å². The first kappa shape index (κ1) is 14.5. The van der Waals surface area contributed by atoms with E-state index in [1.54, 1.807) is 0 Å². The van der Waals surface area contributed by atoms with Crippen LogP contribution in [0.5, 0.6) is 0 Å². The quantitative estimate of drug-likeness (QED) is 0.179. The zero-order valence-corrected chi connectivity index (χ0v) is 10.7. The second kappa shape index (κ2) is 8.73. The number of hydrogen-bond donors (Lipinski definition) is 3. The summed E-state index contributed by atoms with van der Waals surface area (Å²) in [4.78, 5) is 9.10. The van der Waals surface area contributed by atoms with E-state index >= 15 is 0 Å². The first-order chi connectivity index (χ1) is 6.65. The van der Waals surface area contributed by atoms with Crippen molar-refractivity contribution in [3.63, 3.8) is 0 Å². The predicted octanol–water partition coefficient (Wildman–Crippen LogP) is -6.53. The first-order valence-electron chi connectivity index (χ1n) is 4.05. The number of rotatable bonds is 8. The van der Waals surface area contributed by atoms with Crippen LogP contribution in [0.25, 0.3) is 0 Å². The van der Waals surface area contributed by atoms with Gasteiger partial charge in [-0.1, -0.05) is 0 Å². The van der Waals surface area contributed by atoms with Gasteiger partial charge in [0.05, 0.1) is 0 Å². The van der Waals surface area contributed by atoms with Crippen LogP contribution in [0.4, 0.5) is 0 Å². The molecule has 0 aromatic carbocycles. The van der Waals surface area contributed by atoms with Crippen LogP contribution in [0.15, 0.2) is 0 Å². The topological polar surface area (TPSA) is 85.5 Å². The van der Waals surface area contributed by atoms with Gasteiger partial charge in [-0.15, -0.1) is 0 Å². The van der Waals surface area contributed by atoms with Gasteiger partial charge in [-0.25, -0.2) is 0 Å². The molecule has 3 unspecified atom stereocenters. The summed E-state index contributed by atoms with van der Waals surface area (Å²) in [6, 6.07) is -0.368. The van der Waals surface area contributed by atoms with E-state index in [0.29, 0.717) is 4.43 Å². The van der Waals surface area contributed by atoms with E-state index in [9.17, 15) is 10.4 Å². The van der Waals surface area contributed by atoms with Crippen molar-refractivity contribution in [1.29, 1.82) is 0 Å². The molecule has 0 amide bonds. The van der Waals surface area contributed by atoms with Gasteiger partial charge in [0.2, 0.25) is 0 Å². The molecule has 0 aromatic heterocycles. The summed E-state index contributed by atoms with van der Waals surface area (Å²) in [7, 11) is 4.47. The molecule has 0 bridgehead atoms. The molecule has 0 saturated carbocycles. The van der Waals surface area contributed by atoms with Gasteiger partial charge in [0.1, 0.15) is 0 Å². The Morgan fingerprint density at radius 3 is 2.43 bits per heavy atom. The van der Waals surface area contributed by atoms with Crippen LogP contribution < -0.4 is 35.5 Å². The van der Waals surface area contributed by atoms with Gasteiger partial charge in [0.15, 0.2) is 0 Å². The van der Waals surface area contributed by atoms with Gasteiger partial charge >= 0.3 is 93.8 Å². The van der Waals surface area contributed by atoms with Gasteiger partial charge in [-0.05, 0) is 0 Å². The fourth-order valence-electron chi connectivity index (χ4n) is 0.822. The summed E-state index contributed by atoms with van der Waals surface area (Å²) in [6.07, 6.45) is 0. The number of halogens is 1. The van der Waals surface area contributed by atoms with Crippen molar-refractivity contribution >= 4 is 0 Å². The molecular formula is C6H17IN3O4-. The maximum absolute atomic E-state index is 11.2. The van der Waals surface area contributed by atoms with Gasteiger partial charge in [0, 0.05) is 0 Å². The van der Waals surface area contributed by atoms with Crippen molar-refractivity contribution in [2.75, 3.05) is 32.2 Å². The Labute approximate surface area is 94.0 Å². The molecule has 0 aromatic rings. The summed E-state index contributed by atoms with van der Waals surface area (Å²) < 4.78 is 3.70. The van der Waals surface area contributed by atoms with Crippen molar-refractivity contribution in [2.45, 2.75) is 6.04 Å². The molecule has 0 aliphatic carbocycles. The average Bonchev–Trinajstić information content (AvgIpc) is 2.22. The van der Waals surface area contributed by atoms with Crippen molar-refractivity contribution in [1.82, 2.24) is 3.53 Å². The Morgan fingerprint density at radius 1 is 1.36 bits per heavy atom. The Hall–Kier alpha value is 0.450. The summed E-state index contributed by atoms with van der Waals surface area (Å²) in [6.45, 7) is 0.102. The summed E-state index contributed by atoms with van der Waals surface area (Å²) in [5, 5.41) is 21.5. The molecule has 0 aliphatic heterocycles. The Kier molecular flexibility index (Phi) is 9.01. The SMILES string of the molecule is CN[I-]CC(C[NH+]([O-])OC)[NH+]([O-])OC. The predicted molar refractivity (Wildman–Crippen MR) is 45.3 cm³/mol. The van der Waals surface area contributed by atoms with Gasteiger partial charge in [-0.2, -0.15) is 0 Å². The van der Waals surface area contributed by atoms with Crippen LogP contribution in [0, 0.1) is 10.4 Å². The Balaban J connectivity index is 3.96. The van der Waals surface area contributed by atoms with Gasteiger partial charge < -0.3 is 0 Å². The monoisotopic (exact) mass is 322 g/mol. The van der Waals surface area contributed by atoms with Crippen molar-refractivity contribution in [3.05, 3.63) is 10.4 Å². The van der Waals surface area contributed by atoms with E-state index in [1.807, 2.05) is 7.05 Å². The minimum atomic E-state index is -0.375. The maximum atomic E-state index is 11.2. The molecule has 0 fully saturated rings. The van der Waals surface area contributed by atoms with E-state index in [0.717, 1.165) is 0 Å². The van der Waals surface area contributed by atoms with E-state index in [-0.39, 0.29) is 44.5 Å². The van der Waals surface area contributed by atoms with E-state index in [4.69, 9.17) is 0 Å². The van der Waals surface area contributed by atoms with E-state index in [1.165, 1.54) is 14.2 Å². The standard InChI is InChI=1S/C6H17IN3O4/c1-8-7-4-6(10(12)14-3)5-9(11)13-2/h6,8-10H,4-5H2,1-3H3/q-1. The van der Waals surface area contributed by atoms with Crippen molar-refractivity contribution < 1.29 is 41.6 Å². The molecule has 0 heterocycles. The zero-order chi connectivity index (χ0) is 11.0. The molecule has 3 atom stereocenters. The van der Waals surface area contributed by atoms with Crippen LogP contribution in [-0.4, -0.2) is 38.3 Å². The Bertz CT molecular complexity index is 142. The van der Waals surface area contributed by atoms with Crippen molar-refractivity contribution in [3.8, 4) is 0 Å². The second-order valence-corrected chi connectivity index (χ2v) is 5.20. The third-order valence-corrected chi connectivity index (χ3v) is 3.84. The van der Waals surface area contributed by atoms with Crippen LogP contribution >= 0.6 is 0 Å². The minimum absolute atomic E-state index is 0.102. The van der Waals surface area contributed by atoms with Gasteiger partial charge in [-0.3, -0.25) is 0 Å². The second-order valence-electron chi connectivity index (χ2n) is 2.48. The molecule has 3 N–H and O–H groups in total. The molecule has 8 heteroatoms. The molecular weight excluding hydrogens is 305 g/mol. The van der Waals surface area contributed by atoms with E-state index in [2.05, 4.69) is 13.2 Å². The fourth-order valence-corrected chi connectivity index (χ4v) is 2.47. The molecule has 0 spiro atoms. The van der Waals surface area contributed by atoms with Crippen LogP contribution in [0.1, 0.15) is 0 Å². The van der Waals surface area contributed by atoms with Crippen LogP contribution in [-0.2, 0) is 9.68 Å².